The number of aromatic amines is 1. The highest BCUT2D eigenvalue weighted by Crippen LogP contribution is 2.45. The lowest BCUT2D eigenvalue weighted by Gasteiger charge is -2.29. The molecule has 116 valence electrons. The lowest BCUT2D eigenvalue weighted by molar-refractivity contribution is 0.637. The van der Waals surface area contributed by atoms with Crippen LogP contribution in [0.25, 0.3) is 0 Å². The molecule has 1 aromatic carbocycles. The SMILES string of the molecule is O=c1[nH]ncc(NCC2(Sc3ccccc3)CCCC2)c1Cl. The van der Waals surface area contributed by atoms with E-state index >= 15 is 0 Å². The number of thioether (sulfide) groups is 1. The van der Waals surface area contributed by atoms with Gasteiger partial charge in [-0.15, -0.1) is 11.8 Å². The minimum Gasteiger partial charge on any atom is -0.381 e. The number of anilines is 1. The van der Waals surface area contributed by atoms with Gasteiger partial charge in [-0.3, -0.25) is 4.79 Å². The number of halogens is 1. The minimum absolute atomic E-state index is 0.146. The Morgan fingerprint density at radius 1 is 1.27 bits per heavy atom. The van der Waals surface area contributed by atoms with Gasteiger partial charge in [-0.1, -0.05) is 42.6 Å². The zero-order valence-electron chi connectivity index (χ0n) is 12.1. The molecule has 6 heteroatoms. The fourth-order valence-electron chi connectivity index (χ4n) is 2.84. The van der Waals surface area contributed by atoms with E-state index in [-0.39, 0.29) is 15.3 Å². The Morgan fingerprint density at radius 2 is 2.00 bits per heavy atom. The zero-order chi connectivity index (χ0) is 15.4. The molecule has 0 radical (unpaired) electrons. The molecule has 1 aromatic heterocycles. The van der Waals surface area contributed by atoms with Gasteiger partial charge < -0.3 is 5.32 Å². The summed E-state index contributed by atoms with van der Waals surface area (Å²) < 4.78 is 0.146. The molecule has 22 heavy (non-hydrogen) atoms. The van der Waals surface area contributed by atoms with Crippen molar-refractivity contribution in [3.63, 3.8) is 0 Å². The van der Waals surface area contributed by atoms with Gasteiger partial charge >= 0.3 is 0 Å². The van der Waals surface area contributed by atoms with Crippen molar-refractivity contribution >= 4 is 29.1 Å². The Kier molecular flexibility index (Phi) is 4.74. The van der Waals surface area contributed by atoms with Crippen molar-refractivity contribution in [2.75, 3.05) is 11.9 Å². The van der Waals surface area contributed by atoms with Gasteiger partial charge in [0.05, 0.1) is 11.9 Å². The van der Waals surface area contributed by atoms with E-state index in [9.17, 15) is 4.79 Å². The maximum absolute atomic E-state index is 11.5. The average molecular weight is 336 g/mol. The van der Waals surface area contributed by atoms with Gasteiger partial charge in [0.25, 0.3) is 5.56 Å². The van der Waals surface area contributed by atoms with E-state index in [1.807, 2.05) is 17.8 Å². The molecule has 1 aliphatic rings. The number of hydrogen-bond acceptors (Lipinski definition) is 4. The molecule has 0 saturated heterocycles. The standard InChI is InChI=1S/C16H18ClN3OS/c17-14-13(10-19-20-15(14)21)18-11-16(8-4-5-9-16)22-12-6-2-1-3-7-12/h1-3,6-7,10H,4-5,8-9,11H2,(H2,18,20,21). The smallest absolute Gasteiger partial charge is 0.285 e. The van der Waals surface area contributed by atoms with Gasteiger partial charge in [0, 0.05) is 16.2 Å². The molecule has 1 fully saturated rings. The van der Waals surface area contributed by atoms with Crippen LogP contribution in [0.15, 0.2) is 46.2 Å². The third kappa shape index (κ3) is 3.47. The summed E-state index contributed by atoms with van der Waals surface area (Å²) in [6.07, 6.45) is 6.37. The third-order valence-corrected chi connectivity index (χ3v) is 5.86. The second-order valence-corrected chi connectivity index (χ2v) is 7.51. The fourth-order valence-corrected chi connectivity index (χ4v) is 4.42. The largest absolute Gasteiger partial charge is 0.381 e. The first-order valence-electron chi connectivity index (χ1n) is 7.40. The summed E-state index contributed by atoms with van der Waals surface area (Å²) in [5, 5.41) is 9.64. The lowest BCUT2D eigenvalue weighted by Crippen LogP contribution is -2.31. The molecule has 0 bridgehead atoms. The molecular formula is C16H18ClN3OS. The number of H-pyrrole nitrogens is 1. The van der Waals surface area contributed by atoms with Crippen molar-refractivity contribution in [1.29, 1.82) is 0 Å². The molecule has 3 rings (SSSR count). The monoisotopic (exact) mass is 335 g/mol. The van der Waals surface area contributed by atoms with Crippen LogP contribution in [0.2, 0.25) is 5.02 Å². The van der Waals surface area contributed by atoms with Crippen LogP contribution >= 0.6 is 23.4 Å². The van der Waals surface area contributed by atoms with E-state index in [4.69, 9.17) is 11.6 Å². The quantitative estimate of drug-likeness (QED) is 0.869. The highest BCUT2D eigenvalue weighted by atomic mass is 35.5. The maximum atomic E-state index is 11.5. The minimum atomic E-state index is -0.358. The lowest BCUT2D eigenvalue weighted by atomic mass is 10.1. The summed E-state index contributed by atoms with van der Waals surface area (Å²) in [4.78, 5) is 12.8. The number of aromatic nitrogens is 2. The molecule has 1 aliphatic carbocycles. The van der Waals surface area contributed by atoms with Crippen molar-refractivity contribution < 1.29 is 0 Å². The predicted molar refractivity (Wildman–Crippen MR) is 91.9 cm³/mol. The first-order chi connectivity index (χ1) is 10.7. The van der Waals surface area contributed by atoms with E-state index in [0.29, 0.717) is 5.69 Å². The average Bonchev–Trinajstić information content (AvgIpc) is 2.99. The molecule has 0 unspecified atom stereocenters. The van der Waals surface area contributed by atoms with E-state index in [1.54, 1.807) is 6.20 Å². The molecular weight excluding hydrogens is 318 g/mol. The summed E-state index contributed by atoms with van der Waals surface area (Å²) in [7, 11) is 0. The molecule has 0 atom stereocenters. The van der Waals surface area contributed by atoms with Crippen LogP contribution in [0.5, 0.6) is 0 Å². The number of hydrogen-bond donors (Lipinski definition) is 2. The Hall–Kier alpha value is -1.46. The molecule has 0 spiro atoms. The van der Waals surface area contributed by atoms with Crippen LogP contribution in [-0.2, 0) is 0 Å². The second-order valence-electron chi connectivity index (χ2n) is 5.59. The first kappa shape index (κ1) is 15.4. The first-order valence-corrected chi connectivity index (χ1v) is 8.59. The molecule has 0 amide bonds. The van der Waals surface area contributed by atoms with Crippen molar-refractivity contribution in [2.45, 2.75) is 35.3 Å². The number of rotatable bonds is 5. The maximum Gasteiger partial charge on any atom is 0.285 e. The van der Waals surface area contributed by atoms with Crippen LogP contribution in [0, 0.1) is 0 Å². The van der Waals surface area contributed by atoms with Gasteiger partial charge in [0.2, 0.25) is 0 Å². The van der Waals surface area contributed by atoms with E-state index in [2.05, 4.69) is 39.8 Å². The second kappa shape index (κ2) is 6.75. The van der Waals surface area contributed by atoms with Crippen LogP contribution in [0.3, 0.4) is 0 Å². The molecule has 1 heterocycles. The van der Waals surface area contributed by atoms with Gasteiger partial charge in [0.15, 0.2) is 0 Å². The predicted octanol–water partition coefficient (Wildman–Crippen LogP) is 3.94. The van der Waals surface area contributed by atoms with E-state index < -0.39 is 0 Å². The van der Waals surface area contributed by atoms with Gasteiger partial charge in [0.1, 0.15) is 5.02 Å². The van der Waals surface area contributed by atoms with Crippen LogP contribution < -0.4 is 10.9 Å². The summed E-state index contributed by atoms with van der Waals surface area (Å²) in [6, 6.07) is 10.5. The third-order valence-electron chi connectivity index (χ3n) is 3.99. The fraction of sp³-hybridized carbons (Fsp3) is 0.375. The van der Waals surface area contributed by atoms with Crippen LogP contribution in [-0.4, -0.2) is 21.5 Å². The van der Waals surface area contributed by atoms with Gasteiger partial charge in [-0.05, 0) is 25.0 Å². The topological polar surface area (TPSA) is 57.8 Å². The molecule has 2 N–H and O–H groups in total. The Labute approximate surface area is 138 Å². The summed E-state index contributed by atoms with van der Waals surface area (Å²) >= 11 is 7.95. The molecule has 4 nitrogen and oxygen atoms in total. The Morgan fingerprint density at radius 3 is 2.73 bits per heavy atom. The molecule has 2 aromatic rings. The van der Waals surface area contributed by atoms with E-state index in [1.165, 1.54) is 17.7 Å². The summed E-state index contributed by atoms with van der Waals surface area (Å²) in [6.45, 7) is 0.775. The van der Waals surface area contributed by atoms with Gasteiger partial charge in [-0.2, -0.15) is 5.10 Å². The summed E-state index contributed by atoms with van der Waals surface area (Å²) in [5.74, 6) is 0. The normalized spacial score (nSPS) is 16.6. The number of benzene rings is 1. The highest BCUT2D eigenvalue weighted by molar-refractivity contribution is 8.00. The van der Waals surface area contributed by atoms with Gasteiger partial charge in [-0.25, -0.2) is 5.10 Å². The van der Waals surface area contributed by atoms with Crippen molar-refractivity contribution in [2.24, 2.45) is 0 Å². The van der Waals surface area contributed by atoms with Crippen molar-refractivity contribution in [1.82, 2.24) is 10.2 Å². The van der Waals surface area contributed by atoms with E-state index in [0.717, 1.165) is 19.4 Å². The summed E-state index contributed by atoms with van der Waals surface area (Å²) in [5.41, 5.74) is 0.244. The zero-order valence-corrected chi connectivity index (χ0v) is 13.7. The number of nitrogens with one attached hydrogen (secondary N) is 2. The van der Waals surface area contributed by atoms with Crippen molar-refractivity contribution in [3.05, 3.63) is 51.9 Å². The molecule has 0 aliphatic heterocycles. The highest BCUT2D eigenvalue weighted by Gasteiger charge is 2.35. The van der Waals surface area contributed by atoms with Crippen LogP contribution in [0.1, 0.15) is 25.7 Å². The Bertz CT molecular complexity index is 683. The number of nitrogens with zero attached hydrogens (tertiary/aromatic N) is 1. The van der Waals surface area contributed by atoms with Crippen molar-refractivity contribution in [3.8, 4) is 0 Å². The molecule has 1 saturated carbocycles. The Balaban J connectivity index is 1.74. The van der Waals surface area contributed by atoms with Crippen LogP contribution in [0.4, 0.5) is 5.69 Å².